The van der Waals surface area contributed by atoms with Crippen LogP contribution in [0, 0.1) is 18.3 Å². The zero-order valence-electron chi connectivity index (χ0n) is 10.0. The van der Waals surface area contributed by atoms with Crippen LogP contribution in [-0.2, 0) is 4.79 Å². The molecule has 1 aromatic rings. The molecule has 0 saturated heterocycles. The van der Waals surface area contributed by atoms with Crippen LogP contribution in [0.15, 0.2) is 30.3 Å². The minimum atomic E-state index is -1.17. The van der Waals surface area contributed by atoms with Crippen molar-refractivity contribution >= 4 is 5.97 Å². The Kier molecular flexibility index (Phi) is 3.40. The maximum absolute atomic E-state index is 11.3. The van der Waals surface area contributed by atoms with E-state index in [0.717, 1.165) is 5.56 Å². The van der Waals surface area contributed by atoms with Crippen molar-refractivity contribution < 1.29 is 15.0 Å². The van der Waals surface area contributed by atoms with Gasteiger partial charge in [0.2, 0.25) is 0 Å². The van der Waals surface area contributed by atoms with Crippen molar-refractivity contribution in [1.82, 2.24) is 0 Å². The highest BCUT2D eigenvalue weighted by Crippen LogP contribution is 2.42. The number of aliphatic carboxylic acids is 1. The molecule has 0 aromatic heterocycles. The average molecular weight is 244 g/mol. The van der Waals surface area contributed by atoms with Crippen LogP contribution < -0.4 is 0 Å². The summed E-state index contributed by atoms with van der Waals surface area (Å²) in [6.07, 6.45) is 6.43. The number of hydrogen-bond donors (Lipinski definition) is 2. The quantitative estimate of drug-likeness (QED) is 0.782. The topological polar surface area (TPSA) is 57.5 Å². The number of terminal acetylenes is 1. The molecule has 0 heterocycles. The molecular weight excluding hydrogens is 228 g/mol. The van der Waals surface area contributed by atoms with Crippen LogP contribution in [0.5, 0.6) is 0 Å². The Morgan fingerprint density at radius 1 is 1.39 bits per heavy atom. The molecule has 2 N–H and O–H groups in total. The lowest BCUT2D eigenvalue weighted by Gasteiger charge is -2.37. The molecule has 1 saturated carbocycles. The van der Waals surface area contributed by atoms with Crippen LogP contribution in [0.25, 0.3) is 0 Å². The Bertz CT molecular complexity index is 474. The van der Waals surface area contributed by atoms with Gasteiger partial charge in [0.05, 0.1) is 5.92 Å². The second-order valence-corrected chi connectivity index (χ2v) is 4.88. The van der Waals surface area contributed by atoms with Gasteiger partial charge in [-0.15, -0.1) is 6.42 Å². The summed E-state index contributed by atoms with van der Waals surface area (Å²) in [6, 6.07) is 9.41. The van der Waals surface area contributed by atoms with Crippen LogP contribution in [0.2, 0.25) is 0 Å². The normalized spacial score (nSPS) is 31.6. The van der Waals surface area contributed by atoms with E-state index >= 15 is 0 Å². The largest absolute Gasteiger partial charge is 0.481 e. The summed E-state index contributed by atoms with van der Waals surface area (Å²) in [5, 5.41) is 19.5. The lowest BCUT2D eigenvalue weighted by molar-refractivity contribution is -0.145. The van der Waals surface area contributed by atoms with E-state index in [9.17, 15) is 15.0 Å². The molecule has 1 aromatic carbocycles. The molecule has 18 heavy (non-hydrogen) atoms. The summed E-state index contributed by atoms with van der Waals surface area (Å²) in [5.74, 6) is 0.891. The highest BCUT2D eigenvalue weighted by atomic mass is 16.4. The molecular formula is C15H16O3. The van der Waals surface area contributed by atoms with Gasteiger partial charge in [-0.25, -0.2) is 0 Å². The number of carboxylic acid groups (broad SMARTS) is 1. The molecule has 94 valence electrons. The molecule has 1 aliphatic carbocycles. The minimum absolute atomic E-state index is 0.224. The van der Waals surface area contributed by atoms with E-state index in [4.69, 9.17) is 6.42 Å². The first-order valence-electron chi connectivity index (χ1n) is 6.03. The van der Waals surface area contributed by atoms with Gasteiger partial charge in [0.15, 0.2) is 0 Å². The Hall–Kier alpha value is -1.79. The molecule has 1 fully saturated rings. The number of rotatable bonds is 2. The van der Waals surface area contributed by atoms with Crippen molar-refractivity contribution in [3.63, 3.8) is 0 Å². The van der Waals surface area contributed by atoms with E-state index in [2.05, 4.69) is 5.92 Å². The van der Waals surface area contributed by atoms with Crippen molar-refractivity contribution in [3.05, 3.63) is 35.9 Å². The van der Waals surface area contributed by atoms with Gasteiger partial charge >= 0.3 is 5.97 Å². The SMILES string of the molecule is C#C[C@]1(O)CC[C@@H](C(=O)O)[C@H](c2ccccc2)C1. The lowest BCUT2D eigenvalue weighted by atomic mass is 9.69. The summed E-state index contributed by atoms with van der Waals surface area (Å²) in [5.41, 5.74) is -0.245. The Morgan fingerprint density at radius 3 is 2.61 bits per heavy atom. The summed E-state index contributed by atoms with van der Waals surface area (Å²) >= 11 is 0. The van der Waals surface area contributed by atoms with Gasteiger partial charge in [-0.3, -0.25) is 4.79 Å². The second-order valence-electron chi connectivity index (χ2n) is 4.88. The van der Waals surface area contributed by atoms with E-state index in [-0.39, 0.29) is 5.92 Å². The first kappa shape index (κ1) is 12.7. The summed E-state index contributed by atoms with van der Waals surface area (Å²) in [7, 11) is 0. The second kappa shape index (κ2) is 4.83. The molecule has 3 nitrogen and oxygen atoms in total. The molecule has 0 bridgehead atoms. The zero-order chi connectivity index (χ0) is 13.2. The van der Waals surface area contributed by atoms with E-state index < -0.39 is 17.5 Å². The van der Waals surface area contributed by atoms with Gasteiger partial charge in [-0.2, -0.15) is 0 Å². The summed E-state index contributed by atoms with van der Waals surface area (Å²) in [6.45, 7) is 0. The molecule has 2 rings (SSSR count). The molecule has 3 heteroatoms. The van der Waals surface area contributed by atoms with Crippen LogP contribution >= 0.6 is 0 Å². The number of carbonyl (C=O) groups is 1. The standard InChI is InChI=1S/C15H16O3/c1-2-15(18)9-8-12(14(16)17)13(10-15)11-6-4-3-5-7-11/h1,3-7,12-13,18H,8-10H2,(H,16,17)/t12-,13+,15+/m1/s1. The van der Waals surface area contributed by atoms with Crippen LogP contribution in [0.1, 0.15) is 30.7 Å². The van der Waals surface area contributed by atoms with Crippen molar-refractivity contribution in [2.24, 2.45) is 5.92 Å². The molecule has 0 radical (unpaired) electrons. The Labute approximate surface area is 106 Å². The van der Waals surface area contributed by atoms with Crippen LogP contribution in [-0.4, -0.2) is 21.8 Å². The van der Waals surface area contributed by atoms with E-state index in [1.54, 1.807) is 0 Å². The van der Waals surface area contributed by atoms with Gasteiger partial charge in [-0.1, -0.05) is 36.3 Å². The van der Waals surface area contributed by atoms with Crippen LogP contribution in [0.4, 0.5) is 0 Å². The van der Waals surface area contributed by atoms with E-state index in [0.29, 0.717) is 19.3 Å². The molecule has 0 aliphatic heterocycles. The molecule has 0 unspecified atom stereocenters. The minimum Gasteiger partial charge on any atom is -0.481 e. The first-order valence-corrected chi connectivity index (χ1v) is 6.03. The monoisotopic (exact) mass is 244 g/mol. The zero-order valence-corrected chi connectivity index (χ0v) is 10.0. The fourth-order valence-electron chi connectivity index (χ4n) is 2.68. The fourth-order valence-corrected chi connectivity index (χ4v) is 2.68. The molecule has 0 spiro atoms. The van der Waals surface area contributed by atoms with E-state index in [1.165, 1.54) is 0 Å². The summed E-state index contributed by atoms with van der Waals surface area (Å²) < 4.78 is 0. The van der Waals surface area contributed by atoms with Gasteiger partial charge < -0.3 is 10.2 Å². The summed E-state index contributed by atoms with van der Waals surface area (Å²) in [4.78, 5) is 11.3. The smallest absolute Gasteiger partial charge is 0.307 e. The number of carboxylic acids is 1. The first-order chi connectivity index (χ1) is 8.56. The van der Waals surface area contributed by atoms with Gasteiger partial charge in [0, 0.05) is 5.92 Å². The average Bonchev–Trinajstić information content (AvgIpc) is 2.39. The lowest BCUT2D eigenvalue weighted by Crippen LogP contribution is -2.39. The van der Waals surface area contributed by atoms with Crippen molar-refractivity contribution in [3.8, 4) is 12.3 Å². The third-order valence-electron chi connectivity index (χ3n) is 3.73. The predicted molar refractivity (Wildman–Crippen MR) is 67.9 cm³/mol. The van der Waals surface area contributed by atoms with Crippen molar-refractivity contribution in [1.29, 1.82) is 0 Å². The maximum atomic E-state index is 11.3. The predicted octanol–water partition coefficient (Wildman–Crippen LogP) is 2.02. The fraction of sp³-hybridized carbons (Fsp3) is 0.400. The van der Waals surface area contributed by atoms with Crippen LogP contribution in [0.3, 0.4) is 0 Å². The number of hydrogen-bond acceptors (Lipinski definition) is 2. The molecule has 3 atom stereocenters. The Morgan fingerprint density at radius 2 is 2.06 bits per heavy atom. The highest BCUT2D eigenvalue weighted by Gasteiger charge is 2.42. The van der Waals surface area contributed by atoms with Crippen molar-refractivity contribution in [2.45, 2.75) is 30.8 Å². The van der Waals surface area contributed by atoms with E-state index in [1.807, 2.05) is 30.3 Å². The number of aliphatic hydroxyl groups is 1. The van der Waals surface area contributed by atoms with Gasteiger partial charge in [-0.05, 0) is 24.8 Å². The maximum Gasteiger partial charge on any atom is 0.307 e. The highest BCUT2D eigenvalue weighted by molar-refractivity contribution is 5.71. The number of benzene rings is 1. The third kappa shape index (κ3) is 2.39. The third-order valence-corrected chi connectivity index (χ3v) is 3.73. The molecule has 0 amide bonds. The van der Waals surface area contributed by atoms with Crippen molar-refractivity contribution in [2.75, 3.05) is 0 Å². The van der Waals surface area contributed by atoms with Gasteiger partial charge in [0.1, 0.15) is 5.60 Å². The molecule has 1 aliphatic rings. The van der Waals surface area contributed by atoms with Gasteiger partial charge in [0.25, 0.3) is 0 Å². The Balaban J connectivity index is 2.32.